The monoisotopic (exact) mass is 383 g/mol. The van der Waals surface area contributed by atoms with Crippen molar-refractivity contribution in [1.82, 2.24) is 9.80 Å². The van der Waals surface area contributed by atoms with Gasteiger partial charge in [0.05, 0.1) is 13.2 Å². The number of carbonyl (C=O) groups excluding carboxylic acids is 2. The van der Waals surface area contributed by atoms with Crippen molar-refractivity contribution in [2.75, 3.05) is 44.6 Å². The van der Waals surface area contributed by atoms with E-state index in [-0.39, 0.29) is 18.5 Å². The van der Waals surface area contributed by atoms with Crippen LogP contribution < -0.4 is 5.32 Å². The van der Waals surface area contributed by atoms with E-state index in [9.17, 15) is 9.59 Å². The van der Waals surface area contributed by atoms with Gasteiger partial charge in [0.1, 0.15) is 0 Å². The summed E-state index contributed by atoms with van der Waals surface area (Å²) < 4.78 is 5.98. The molecule has 1 aliphatic rings. The number of aryl methyl sites for hydroxylation is 1. The fraction of sp³-hybridized carbons (Fsp3) is 0.500. The SMILES string of the molecule is CCOC(=O)N1CCN(C(=O)CNc2ccc(C)c(Br)c2)CC1. The zero-order valence-corrected chi connectivity index (χ0v) is 15.1. The average Bonchev–Trinajstić information content (AvgIpc) is 2.56. The summed E-state index contributed by atoms with van der Waals surface area (Å²) in [4.78, 5) is 27.3. The van der Waals surface area contributed by atoms with E-state index in [0.717, 1.165) is 15.7 Å². The van der Waals surface area contributed by atoms with E-state index in [1.165, 1.54) is 0 Å². The smallest absolute Gasteiger partial charge is 0.409 e. The molecular weight excluding hydrogens is 362 g/mol. The van der Waals surface area contributed by atoms with Crippen LogP contribution in [0.15, 0.2) is 22.7 Å². The van der Waals surface area contributed by atoms with E-state index in [0.29, 0.717) is 32.8 Å². The Hall–Kier alpha value is -1.76. The van der Waals surface area contributed by atoms with Gasteiger partial charge >= 0.3 is 6.09 Å². The lowest BCUT2D eigenvalue weighted by Gasteiger charge is -2.34. The third-order valence-corrected chi connectivity index (χ3v) is 4.63. The number of benzene rings is 1. The van der Waals surface area contributed by atoms with Gasteiger partial charge in [-0.05, 0) is 31.5 Å². The first-order valence-electron chi connectivity index (χ1n) is 7.70. The largest absolute Gasteiger partial charge is 0.450 e. The minimum Gasteiger partial charge on any atom is -0.450 e. The first-order valence-corrected chi connectivity index (χ1v) is 8.50. The number of rotatable bonds is 4. The molecule has 1 saturated heterocycles. The highest BCUT2D eigenvalue weighted by atomic mass is 79.9. The Morgan fingerprint density at radius 1 is 1.22 bits per heavy atom. The Kier molecular flexibility index (Phi) is 6.27. The molecule has 1 aromatic carbocycles. The number of amides is 2. The molecule has 1 aromatic rings. The van der Waals surface area contributed by atoms with E-state index in [2.05, 4.69) is 21.2 Å². The molecule has 0 aromatic heterocycles. The fourth-order valence-corrected chi connectivity index (χ4v) is 2.72. The van der Waals surface area contributed by atoms with Gasteiger partial charge in [0, 0.05) is 36.3 Å². The average molecular weight is 384 g/mol. The summed E-state index contributed by atoms with van der Waals surface area (Å²) >= 11 is 3.48. The number of ether oxygens (including phenoxy) is 1. The van der Waals surface area contributed by atoms with Crippen molar-refractivity contribution < 1.29 is 14.3 Å². The summed E-state index contributed by atoms with van der Waals surface area (Å²) in [5.41, 5.74) is 2.05. The highest BCUT2D eigenvalue weighted by Gasteiger charge is 2.24. The molecule has 2 rings (SSSR count). The summed E-state index contributed by atoms with van der Waals surface area (Å²) in [6.07, 6.45) is -0.303. The van der Waals surface area contributed by atoms with Crippen LogP contribution in [-0.4, -0.2) is 61.1 Å². The van der Waals surface area contributed by atoms with Crippen LogP contribution in [0.5, 0.6) is 0 Å². The van der Waals surface area contributed by atoms with Crippen LogP contribution in [0.4, 0.5) is 10.5 Å². The molecular formula is C16H22BrN3O3. The van der Waals surface area contributed by atoms with Gasteiger partial charge in [-0.3, -0.25) is 4.79 Å². The normalized spacial score (nSPS) is 14.6. The predicted molar refractivity (Wildman–Crippen MR) is 92.5 cm³/mol. The maximum Gasteiger partial charge on any atom is 0.409 e. The van der Waals surface area contributed by atoms with Gasteiger partial charge in [-0.15, -0.1) is 0 Å². The lowest BCUT2D eigenvalue weighted by atomic mass is 10.2. The molecule has 0 spiro atoms. The first-order chi connectivity index (χ1) is 11.0. The van der Waals surface area contributed by atoms with Gasteiger partial charge in [-0.2, -0.15) is 0 Å². The minimum absolute atomic E-state index is 0.0326. The topological polar surface area (TPSA) is 61.9 Å². The second-order valence-electron chi connectivity index (χ2n) is 5.38. The van der Waals surface area contributed by atoms with Gasteiger partial charge in [0.2, 0.25) is 5.91 Å². The van der Waals surface area contributed by atoms with E-state index in [4.69, 9.17) is 4.74 Å². The molecule has 2 amide bonds. The molecule has 0 unspecified atom stereocenters. The molecule has 23 heavy (non-hydrogen) atoms. The third-order valence-electron chi connectivity index (χ3n) is 3.77. The molecule has 126 valence electrons. The second-order valence-corrected chi connectivity index (χ2v) is 6.24. The lowest BCUT2D eigenvalue weighted by molar-refractivity contribution is -0.130. The molecule has 1 fully saturated rings. The van der Waals surface area contributed by atoms with E-state index in [1.54, 1.807) is 16.7 Å². The van der Waals surface area contributed by atoms with E-state index >= 15 is 0 Å². The first kappa shape index (κ1) is 17.6. The highest BCUT2D eigenvalue weighted by Crippen LogP contribution is 2.20. The molecule has 1 N–H and O–H groups in total. The maximum atomic E-state index is 12.2. The van der Waals surface area contributed by atoms with Crippen LogP contribution in [0.2, 0.25) is 0 Å². The Labute approximate surface area is 144 Å². The summed E-state index contributed by atoms with van der Waals surface area (Å²) in [6.45, 7) is 6.52. The summed E-state index contributed by atoms with van der Waals surface area (Å²) in [6, 6.07) is 5.91. The predicted octanol–water partition coefficient (Wildman–Crippen LogP) is 2.47. The van der Waals surface area contributed by atoms with Gasteiger partial charge in [0.15, 0.2) is 0 Å². The minimum atomic E-state index is -0.303. The highest BCUT2D eigenvalue weighted by molar-refractivity contribution is 9.10. The Bertz CT molecular complexity index is 572. The second kappa shape index (κ2) is 8.19. The molecule has 7 heteroatoms. The molecule has 0 saturated carbocycles. The van der Waals surface area contributed by atoms with Crippen molar-refractivity contribution in [2.45, 2.75) is 13.8 Å². The third kappa shape index (κ3) is 4.86. The number of nitrogens with zero attached hydrogens (tertiary/aromatic N) is 2. The van der Waals surface area contributed by atoms with Gasteiger partial charge in [-0.1, -0.05) is 22.0 Å². The quantitative estimate of drug-likeness (QED) is 0.867. The molecule has 1 aliphatic heterocycles. The molecule has 0 bridgehead atoms. The number of anilines is 1. The Balaban J connectivity index is 1.79. The van der Waals surface area contributed by atoms with E-state index in [1.807, 2.05) is 25.1 Å². The van der Waals surface area contributed by atoms with Crippen LogP contribution in [0.25, 0.3) is 0 Å². The fourth-order valence-electron chi connectivity index (χ4n) is 2.35. The standard InChI is InChI=1S/C16H22BrN3O3/c1-3-23-16(22)20-8-6-19(7-9-20)15(21)11-18-13-5-4-12(2)14(17)10-13/h4-5,10,18H,3,6-9,11H2,1-2H3. The zero-order chi connectivity index (χ0) is 16.8. The Morgan fingerprint density at radius 3 is 2.48 bits per heavy atom. The van der Waals surface area contributed by atoms with Crippen molar-refractivity contribution in [3.63, 3.8) is 0 Å². The Morgan fingerprint density at radius 2 is 1.87 bits per heavy atom. The van der Waals surface area contributed by atoms with Crippen LogP contribution >= 0.6 is 15.9 Å². The van der Waals surface area contributed by atoms with Gasteiger partial charge in [-0.25, -0.2) is 4.79 Å². The number of halogens is 1. The van der Waals surface area contributed by atoms with Crippen molar-refractivity contribution in [3.05, 3.63) is 28.2 Å². The van der Waals surface area contributed by atoms with Crippen LogP contribution in [0.1, 0.15) is 12.5 Å². The van der Waals surface area contributed by atoms with Crippen LogP contribution in [0.3, 0.4) is 0 Å². The number of piperazine rings is 1. The number of hydrogen-bond donors (Lipinski definition) is 1. The molecule has 0 atom stereocenters. The molecule has 0 aliphatic carbocycles. The van der Waals surface area contributed by atoms with Gasteiger partial charge in [0.25, 0.3) is 0 Å². The van der Waals surface area contributed by atoms with Crippen LogP contribution in [0, 0.1) is 6.92 Å². The molecule has 0 radical (unpaired) electrons. The van der Waals surface area contributed by atoms with Gasteiger partial charge < -0.3 is 19.9 Å². The summed E-state index contributed by atoms with van der Waals surface area (Å²) in [5, 5.41) is 3.14. The van der Waals surface area contributed by atoms with Crippen molar-refractivity contribution in [1.29, 1.82) is 0 Å². The maximum absolute atomic E-state index is 12.2. The van der Waals surface area contributed by atoms with Crippen molar-refractivity contribution in [3.8, 4) is 0 Å². The number of carbonyl (C=O) groups is 2. The number of hydrogen-bond acceptors (Lipinski definition) is 4. The van der Waals surface area contributed by atoms with E-state index < -0.39 is 0 Å². The summed E-state index contributed by atoms with van der Waals surface area (Å²) in [5.74, 6) is 0.0326. The van der Waals surface area contributed by atoms with Crippen molar-refractivity contribution in [2.24, 2.45) is 0 Å². The summed E-state index contributed by atoms with van der Waals surface area (Å²) in [7, 11) is 0. The lowest BCUT2D eigenvalue weighted by Crippen LogP contribution is -2.51. The zero-order valence-electron chi connectivity index (χ0n) is 13.5. The van der Waals surface area contributed by atoms with Crippen molar-refractivity contribution >= 4 is 33.6 Å². The van der Waals surface area contributed by atoms with Crippen LogP contribution in [-0.2, 0) is 9.53 Å². The molecule has 1 heterocycles. The number of nitrogens with one attached hydrogen (secondary N) is 1. The molecule has 6 nitrogen and oxygen atoms in total.